The summed E-state index contributed by atoms with van der Waals surface area (Å²) in [7, 11) is 1.74. The SMILES string of the molecule is COCC(NCC1(C)CCCO1)c1ccccc1. The number of nitrogens with one attached hydrogen (secondary N) is 1. The molecule has 2 atom stereocenters. The molecule has 0 amide bonds. The lowest BCUT2D eigenvalue weighted by atomic mass is 10.0. The molecule has 0 aromatic heterocycles. The standard InChI is InChI=1S/C15H23NO2/c1-15(9-6-10-18-15)12-16-14(11-17-2)13-7-4-3-5-8-13/h3-5,7-8,14,16H,6,9-12H2,1-2H3. The van der Waals surface area contributed by atoms with Crippen molar-refractivity contribution >= 4 is 0 Å². The molecule has 3 heteroatoms. The number of ether oxygens (including phenoxy) is 2. The fourth-order valence-electron chi connectivity index (χ4n) is 2.44. The van der Waals surface area contributed by atoms with E-state index in [-0.39, 0.29) is 11.6 Å². The molecule has 18 heavy (non-hydrogen) atoms. The first kappa shape index (κ1) is 13.5. The molecular formula is C15H23NO2. The van der Waals surface area contributed by atoms with Gasteiger partial charge in [-0.15, -0.1) is 0 Å². The number of methoxy groups -OCH3 is 1. The Labute approximate surface area is 109 Å². The van der Waals surface area contributed by atoms with Crippen LogP contribution in [0.5, 0.6) is 0 Å². The van der Waals surface area contributed by atoms with Crippen LogP contribution in [-0.2, 0) is 9.47 Å². The summed E-state index contributed by atoms with van der Waals surface area (Å²) >= 11 is 0. The topological polar surface area (TPSA) is 30.5 Å². The molecule has 100 valence electrons. The smallest absolute Gasteiger partial charge is 0.0779 e. The largest absolute Gasteiger partial charge is 0.383 e. The van der Waals surface area contributed by atoms with Crippen LogP contribution in [0.15, 0.2) is 30.3 Å². The minimum Gasteiger partial charge on any atom is -0.383 e. The maximum Gasteiger partial charge on any atom is 0.0779 e. The van der Waals surface area contributed by atoms with Gasteiger partial charge in [-0.05, 0) is 25.3 Å². The highest BCUT2D eigenvalue weighted by molar-refractivity contribution is 5.19. The van der Waals surface area contributed by atoms with Crippen LogP contribution in [0.4, 0.5) is 0 Å². The van der Waals surface area contributed by atoms with E-state index in [1.165, 1.54) is 12.0 Å². The van der Waals surface area contributed by atoms with E-state index in [1.807, 2.05) is 6.07 Å². The van der Waals surface area contributed by atoms with E-state index in [9.17, 15) is 0 Å². The Balaban J connectivity index is 1.94. The van der Waals surface area contributed by atoms with E-state index in [4.69, 9.17) is 9.47 Å². The molecule has 1 N–H and O–H groups in total. The molecule has 1 aromatic carbocycles. The first-order chi connectivity index (χ1) is 8.73. The van der Waals surface area contributed by atoms with Crippen molar-refractivity contribution in [2.75, 3.05) is 26.9 Å². The lowest BCUT2D eigenvalue weighted by molar-refractivity contribution is 0.0161. The van der Waals surface area contributed by atoms with Crippen molar-refractivity contribution in [2.45, 2.75) is 31.4 Å². The highest BCUT2D eigenvalue weighted by Crippen LogP contribution is 2.25. The highest BCUT2D eigenvalue weighted by atomic mass is 16.5. The zero-order valence-electron chi connectivity index (χ0n) is 11.3. The van der Waals surface area contributed by atoms with E-state index in [0.717, 1.165) is 19.6 Å². The second-order valence-electron chi connectivity index (χ2n) is 5.20. The number of hydrogen-bond donors (Lipinski definition) is 1. The molecule has 1 heterocycles. The van der Waals surface area contributed by atoms with Gasteiger partial charge in [0.1, 0.15) is 0 Å². The van der Waals surface area contributed by atoms with Crippen LogP contribution in [0.1, 0.15) is 31.4 Å². The molecule has 0 saturated carbocycles. The summed E-state index contributed by atoms with van der Waals surface area (Å²) < 4.78 is 11.1. The fraction of sp³-hybridized carbons (Fsp3) is 0.600. The van der Waals surface area contributed by atoms with Crippen molar-refractivity contribution < 1.29 is 9.47 Å². The van der Waals surface area contributed by atoms with Gasteiger partial charge in [0.05, 0.1) is 18.2 Å². The molecule has 1 aliphatic rings. The van der Waals surface area contributed by atoms with Gasteiger partial charge in [0.25, 0.3) is 0 Å². The van der Waals surface area contributed by atoms with Crippen LogP contribution >= 0.6 is 0 Å². The molecule has 2 rings (SSSR count). The average molecular weight is 249 g/mol. The van der Waals surface area contributed by atoms with Crippen molar-refractivity contribution in [1.29, 1.82) is 0 Å². The maximum atomic E-state index is 5.80. The van der Waals surface area contributed by atoms with E-state index in [0.29, 0.717) is 6.61 Å². The van der Waals surface area contributed by atoms with Crippen LogP contribution in [0.3, 0.4) is 0 Å². The Hall–Kier alpha value is -0.900. The molecule has 0 bridgehead atoms. The third-order valence-electron chi connectivity index (χ3n) is 3.56. The summed E-state index contributed by atoms with van der Waals surface area (Å²) in [5.41, 5.74) is 1.25. The third-order valence-corrected chi connectivity index (χ3v) is 3.56. The van der Waals surface area contributed by atoms with Gasteiger partial charge < -0.3 is 14.8 Å². The number of hydrogen-bond acceptors (Lipinski definition) is 3. The van der Waals surface area contributed by atoms with Gasteiger partial charge in [0, 0.05) is 20.3 Å². The molecular weight excluding hydrogens is 226 g/mol. The molecule has 3 nitrogen and oxygen atoms in total. The Morgan fingerprint density at radius 1 is 1.39 bits per heavy atom. The first-order valence-corrected chi connectivity index (χ1v) is 6.65. The Morgan fingerprint density at radius 2 is 2.17 bits per heavy atom. The lowest BCUT2D eigenvalue weighted by Crippen LogP contribution is -2.40. The minimum atomic E-state index is -0.0131. The van der Waals surface area contributed by atoms with Gasteiger partial charge >= 0.3 is 0 Å². The summed E-state index contributed by atoms with van der Waals surface area (Å²) in [5, 5.41) is 3.57. The maximum absolute atomic E-state index is 5.80. The summed E-state index contributed by atoms with van der Waals surface area (Å²) in [6.45, 7) is 4.62. The molecule has 1 saturated heterocycles. The average Bonchev–Trinajstić information content (AvgIpc) is 2.83. The predicted molar refractivity (Wildman–Crippen MR) is 72.7 cm³/mol. The van der Waals surface area contributed by atoms with Crippen LogP contribution < -0.4 is 5.32 Å². The molecule has 0 radical (unpaired) electrons. The molecule has 0 spiro atoms. The zero-order valence-corrected chi connectivity index (χ0v) is 11.3. The van der Waals surface area contributed by atoms with E-state index >= 15 is 0 Å². The summed E-state index contributed by atoms with van der Waals surface area (Å²) in [5.74, 6) is 0. The van der Waals surface area contributed by atoms with Crippen LogP contribution in [-0.4, -0.2) is 32.5 Å². The molecule has 1 fully saturated rings. The Kier molecular flexibility index (Phi) is 4.75. The molecule has 1 aromatic rings. The lowest BCUT2D eigenvalue weighted by Gasteiger charge is -2.27. The Bertz CT molecular complexity index is 347. The van der Waals surface area contributed by atoms with Crippen molar-refractivity contribution in [3.05, 3.63) is 35.9 Å². The van der Waals surface area contributed by atoms with Crippen LogP contribution in [0.25, 0.3) is 0 Å². The molecule has 1 aliphatic heterocycles. The van der Waals surface area contributed by atoms with Gasteiger partial charge in [-0.25, -0.2) is 0 Å². The second-order valence-corrected chi connectivity index (χ2v) is 5.20. The summed E-state index contributed by atoms with van der Waals surface area (Å²) in [6.07, 6.45) is 2.30. The quantitative estimate of drug-likeness (QED) is 0.840. The van der Waals surface area contributed by atoms with Crippen LogP contribution in [0, 0.1) is 0 Å². The summed E-state index contributed by atoms with van der Waals surface area (Å²) in [6, 6.07) is 10.7. The van der Waals surface area contributed by atoms with Gasteiger partial charge in [-0.2, -0.15) is 0 Å². The summed E-state index contributed by atoms with van der Waals surface area (Å²) in [4.78, 5) is 0. The van der Waals surface area contributed by atoms with Crippen molar-refractivity contribution in [3.63, 3.8) is 0 Å². The Morgan fingerprint density at radius 3 is 2.78 bits per heavy atom. The number of rotatable bonds is 6. The second kappa shape index (κ2) is 6.32. The van der Waals surface area contributed by atoms with Gasteiger partial charge in [0.15, 0.2) is 0 Å². The van der Waals surface area contributed by atoms with E-state index in [2.05, 4.69) is 36.5 Å². The third kappa shape index (κ3) is 3.55. The monoisotopic (exact) mass is 249 g/mol. The van der Waals surface area contributed by atoms with Gasteiger partial charge in [-0.1, -0.05) is 30.3 Å². The number of benzene rings is 1. The van der Waals surface area contributed by atoms with Crippen molar-refractivity contribution in [1.82, 2.24) is 5.32 Å². The van der Waals surface area contributed by atoms with Gasteiger partial charge in [0.2, 0.25) is 0 Å². The van der Waals surface area contributed by atoms with E-state index < -0.39 is 0 Å². The minimum absolute atomic E-state index is 0.0131. The predicted octanol–water partition coefficient (Wildman–Crippen LogP) is 2.53. The highest BCUT2D eigenvalue weighted by Gasteiger charge is 2.30. The molecule has 0 aliphatic carbocycles. The zero-order chi connectivity index (χ0) is 12.8. The molecule has 2 unspecified atom stereocenters. The fourth-order valence-corrected chi connectivity index (χ4v) is 2.44. The van der Waals surface area contributed by atoms with E-state index in [1.54, 1.807) is 7.11 Å². The first-order valence-electron chi connectivity index (χ1n) is 6.65. The van der Waals surface area contributed by atoms with Crippen molar-refractivity contribution in [3.8, 4) is 0 Å². The van der Waals surface area contributed by atoms with Crippen molar-refractivity contribution in [2.24, 2.45) is 0 Å². The van der Waals surface area contributed by atoms with Crippen LogP contribution in [0.2, 0.25) is 0 Å². The normalized spacial score (nSPS) is 25.2. The van der Waals surface area contributed by atoms with Gasteiger partial charge in [-0.3, -0.25) is 0 Å².